The average Bonchev–Trinajstić information content (AvgIpc) is 2.82. The maximum Gasteiger partial charge on any atom is 0.293 e. The zero-order valence-electron chi connectivity index (χ0n) is 9.59. The number of nitrogens with zero attached hydrogens (tertiary/aromatic N) is 2. The summed E-state index contributed by atoms with van der Waals surface area (Å²) in [5, 5.41) is 22.6. The van der Waals surface area contributed by atoms with Gasteiger partial charge in [0.1, 0.15) is 11.4 Å². The third-order valence-corrected chi connectivity index (χ3v) is 2.99. The average molecular weight is 369 g/mol. The summed E-state index contributed by atoms with van der Waals surface area (Å²) in [4.78, 5) is 10.4. The molecule has 0 aliphatic heterocycles. The van der Waals surface area contributed by atoms with Gasteiger partial charge in [0, 0.05) is 6.07 Å². The lowest BCUT2D eigenvalue weighted by atomic mass is 10.2. The van der Waals surface area contributed by atoms with E-state index in [1.165, 1.54) is 18.2 Å². The number of nitrogens with one attached hydrogen (secondary N) is 1. The summed E-state index contributed by atoms with van der Waals surface area (Å²) in [6.45, 7) is 0.343. The summed E-state index contributed by atoms with van der Waals surface area (Å²) in [7, 11) is 0. The summed E-state index contributed by atoms with van der Waals surface area (Å²) >= 11 is 2.04. The van der Waals surface area contributed by atoms with Gasteiger partial charge in [0.2, 0.25) is 0 Å². The lowest BCUT2D eigenvalue weighted by Crippen LogP contribution is -2.02. The van der Waals surface area contributed by atoms with Crippen molar-refractivity contribution in [3.05, 3.63) is 55.5 Å². The van der Waals surface area contributed by atoms with E-state index in [-0.39, 0.29) is 11.3 Å². The molecule has 0 amide bonds. The minimum Gasteiger partial charge on any atom is -0.454 e. The number of hydrogen-bond acceptors (Lipinski definition) is 5. The van der Waals surface area contributed by atoms with Crippen molar-refractivity contribution < 1.29 is 9.34 Å². The zero-order valence-corrected chi connectivity index (χ0v) is 11.7. The van der Waals surface area contributed by atoms with Gasteiger partial charge in [-0.25, -0.2) is 0 Å². The molecule has 0 aliphatic carbocycles. The lowest BCUT2D eigenvalue weighted by Gasteiger charge is -2.05. The van der Waals surface area contributed by atoms with Gasteiger partial charge in [-0.1, -0.05) is 0 Å². The van der Waals surface area contributed by atoms with Gasteiger partial charge in [0.25, 0.3) is 5.69 Å². The first-order chi connectivity index (χ1) is 9.10. The number of anilines is 1. The van der Waals surface area contributed by atoms with Crippen molar-refractivity contribution in [3.63, 3.8) is 0 Å². The molecule has 6 nitrogen and oxygen atoms in total. The summed E-state index contributed by atoms with van der Waals surface area (Å²) in [5.74, 6) is 0.683. The first-order valence-corrected chi connectivity index (χ1v) is 6.34. The van der Waals surface area contributed by atoms with Crippen LogP contribution in [0.2, 0.25) is 0 Å². The predicted molar refractivity (Wildman–Crippen MR) is 76.6 cm³/mol. The van der Waals surface area contributed by atoms with E-state index in [0.717, 1.165) is 3.77 Å². The van der Waals surface area contributed by atoms with E-state index >= 15 is 0 Å². The Labute approximate surface area is 122 Å². The van der Waals surface area contributed by atoms with E-state index in [1.54, 1.807) is 6.07 Å². The van der Waals surface area contributed by atoms with E-state index in [2.05, 4.69) is 5.32 Å². The molecule has 1 N–H and O–H groups in total. The number of nitriles is 1. The molecule has 0 bridgehead atoms. The molecule has 1 heterocycles. The fourth-order valence-corrected chi connectivity index (χ4v) is 1.99. The highest BCUT2D eigenvalue weighted by molar-refractivity contribution is 14.1. The molecule has 0 unspecified atom stereocenters. The fraction of sp³-hybridized carbons (Fsp3) is 0.0833. The second-order valence-corrected chi connectivity index (χ2v) is 4.72. The van der Waals surface area contributed by atoms with Gasteiger partial charge >= 0.3 is 0 Å². The van der Waals surface area contributed by atoms with Crippen molar-refractivity contribution >= 4 is 34.0 Å². The molecule has 2 aromatic rings. The minimum atomic E-state index is -0.519. The van der Waals surface area contributed by atoms with Crippen LogP contribution in [0.25, 0.3) is 0 Å². The van der Waals surface area contributed by atoms with Crippen LogP contribution in [-0.2, 0) is 6.54 Å². The molecular weight excluding hydrogens is 361 g/mol. The number of nitro benzene ring substituents is 1. The first kappa shape index (κ1) is 13.4. The van der Waals surface area contributed by atoms with Crippen molar-refractivity contribution in [2.75, 3.05) is 5.32 Å². The Balaban J connectivity index is 2.20. The van der Waals surface area contributed by atoms with Crippen LogP contribution >= 0.6 is 22.6 Å². The third kappa shape index (κ3) is 3.23. The van der Waals surface area contributed by atoms with Gasteiger partial charge < -0.3 is 9.73 Å². The van der Waals surface area contributed by atoms with Crippen molar-refractivity contribution in [3.8, 4) is 6.07 Å². The number of rotatable bonds is 4. The molecule has 0 saturated carbocycles. The summed E-state index contributed by atoms with van der Waals surface area (Å²) in [6.07, 6.45) is 0. The molecule has 0 spiro atoms. The van der Waals surface area contributed by atoms with Crippen LogP contribution < -0.4 is 5.32 Å². The van der Waals surface area contributed by atoms with Crippen LogP contribution in [0.15, 0.2) is 34.7 Å². The Morgan fingerprint density at radius 1 is 1.42 bits per heavy atom. The van der Waals surface area contributed by atoms with Crippen molar-refractivity contribution in [1.29, 1.82) is 5.26 Å². The lowest BCUT2D eigenvalue weighted by molar-refractivity contribution is -0.384. The largest absolute Gasteiger partial charge is 0.454 e. The number of furan rings is 1. The molecule has 0 saturated heterocycles. The number of nitro groups is 1. The maximum atomic E-state index is 10.9. The van der Waals surface area contributed by atoms with Crippen molar-refractivity contribution in [2.24, 2.45) is 0 Å². The molecule has 1 aromatic heterocycles. The Morgan fingerprint density at radius 2 is 2.21 bits per heavy atom. The van der Waals surface area contributed by atoms with Gasteiger partial charge in [0.15, 0.2) is 3.77 Å². The second-order valence-electron chi connectivity index (χ2n) is 3.66. The topological polar surface area (TPSA) is 92.1 Å². The van der Waals surface area contributed by atoms with Crippen LogP contribution in [0.3, 0.4) is 0 Å². The van der Waals surface area contributed by atoms with Crippen molar-refractivity contribution in [1.82, 2.24) is 0 Å². The van der Waals surface area contributed by atoms with Crippen LogP contribution in [0.1, 0.15) is 11.3 Å². The first-order valence-electron chi connectivity index (χ1n) is 5.27. The highest BCUT2D eigenvalue weighted by atomic mass is 127. The highest BCUT2D eigenvalue weighted by Gasteiger charge is 2.14. The van der Waals surface area contributed by atoms with Gasteiger partial charge in [-0.15, -0.1) is 0 Å². The van der Waals surface area contributed by atoms with E-state index in [9.17, 15) is 10.1 Å². The standard InChI is InChI=1S/C12H8IN3O3/c13-12-4-2-9(19-12)7-15-10-3-1-8(6-14)5-11(10)16(17)18/h1-5,15H,7H2. The monoisotopic (exact) mass is 369 g/mol. The summed E-state index contributed by atoms with van der Waals surface area (Å²) in [5.41, 5.74) is 0.487. The predicted octanol–water partition coefficient (Wildman–Crippen LogP) is 3.28. The highest BCUT2D eigenvalue weighted by Crippen LogP contribution is 2.26. The van der Waals surface area contributed by atoms with Crippen LogP contribution in [0.4, 0.5) is 11.4 Å². The van der Waals surface area contributed by atoms with Gasteiger partial charge in [0.05, 0.1) is 23.1 Å². The summed E-state index contributed by atoms with van der Waals surface area (Å²) in [6, 6.07) is 9.77. The fourth-order valence-electron chi connectivity index (χ4n) is 1.53. The second kappa shape index (κ2) is 5.71. The molecule has 0 fully saturated rings. The van der Waals surface area contributed by atoms with Gasteiger partial charge in [-0.3, -0.25) is 10.1 Å². The Kier molecular flexibility index (Phi) is 4.01. The number of halogens is 1. The quantitative estimate of drug-likeness (QED) is 0.507. The normalized spacial score (nSPS) is 9.89. The smallest absolute Gasteiger partial charge is 0.293 e. The van der Waals surface area contributed by atoms with E-state index in [4.69, 9.17) is 9.68 Å². The van der Waals surface area contributed by atoms with Gasteiger partial charge in [-0.05, 0) is 46.9 Å². The molecule has 2 rings (SSSR count). The molecule has 7 heteroatoms. The van der Waals surface area contributed by atoms with E-state index in [0.29, 0.717) is 18.0 Å². The van der Waals surface area contributed by atoms with Crippen LogP contribution in [0.5, 0.6) is 0 Å². The number of hydrogen-bond donors (Lipinski definition) is 1. The summed E-state index contributed by atoms with van der Waals surface area (Å²) < 4.78 is 6.11. The molecule has 0 aliphatic rings. The SMILES string of the molecule is N#Cc1ccc(NCc2ccc(I)o2)c([N+](=O)[O-])c1. The Bertz CT molecular complexity index is 660. The molecule has 0 radical (unpaired) electrons. The Morgan fingerprint density at radius 3 is 2.79 bits per heavy atom. The van der Waals surface area contributed by atoms with Gasteiger partial charge in [-0.2, -0.15) is 5.26 Å². The van der Waals surface area contributed by atoms with E-state index in [1.807, 2.05) is 34.7 Å². The molecule has 96 valence electrons. The molecule has 0 atom stereocenters. The molecule has 1 aromatic carbocycles. The van der Waals surface area contributed by atoms with Crippen LogP contribution in [-0.4, -0.2) is 4.92 Å². The minimum absolute atomic E-state index is 0.125. The number of benzene rings is 1. The molecular formula is C12H8IN3O3. The van der Waals surface area contributed by atoms with Crippen molar-refractivity contribution in [2.45, 2.75) is 6.54 Å². The Hall–Kier alpha value is -2.08. The third-order valence-electron chi connectivity index (χ3n) is 2.41. The van der Waals surface area contributed by atoms with E-state index < -0.39 is 4.92 Å². The molecule has 19 heavy (non-hydrogen) atoms. The van der Waals surface area contributed by atoms with Crippen LogP contribution in [0, 0.1) is 25.2 Å². The maximum absolute atomic E-state index is 10.9. The zero-order chi connectivity index (χ0) is 13.8.